The zero-order chi connectivity index (χ0) is 77.8. The van der Waals surface area contributed by atoms with Crippen molar-refractivity contribution in [1.29, 1.82) is 0 Å². The first-order chi connectivity index (χ1) is 52.1. The predicted octanol–water partition coefficient (Wildman–Crippen LogP) is 16.2. The van der Waals surface area contributed by atoms with Gasteiger partial charge >= 0.3 is 21.3 Å². The number of urea groups is 2. The molecule has 9 atom stereocenters. The average molecular weight is 1740 g/mol. The molecular formula is C78H91BBr3F3N14O7S3. The number of amides is 5. The number of nitrogens with zero attached hydrogens (tertiary/aromatic N) is 10. The number of aromatic nitrogens is 5. The number of carbonyl (C=O) groups excluding carboxylic acids is 3. The maximum atomic E-state index is 13.5. The molecule has 21 nitrogen and oxygen atoms in total. The Balaban J connectivity index is 0.000000133. The van der Waals surface area contributed by atoms with Gasteiger partial charge in [0.15, 0.2) is 15.4 Å². The monoisotopic (exact) mass is 1740 g/mol. The van der Waals surface area contributed by atoms with Gasteiger partial charge < -0.3 is 49.1 Å². The number of fused-ring (bicyclic) bond motifs is 15. The second-order valence-corrected chi connectivity index (χ2v) is 38.8. The SMILES string of the molecule is BrB(Br)Br.C1CCOC1.CN1CC[C@]2(C)c3cc(O)ccc3C[C@@H]1[C@@H]2N(C)C(=O)Nc1nc2ccc(F)cc2s1.CN[C@H]1[C@H]2Cc3ccc(OC)cc3[C@@]1(C)CCN2C.COc1ccc2c(c1)[C@@]1(C)CCN(C)[C@H](C2)[C@@H]1N(C)C(=O)Nc1nc2ccc(F)cc2s1.O=C(Nc1nc2ccc(F)cc2s1)n1ccnc1. The number of piperidine rings is 3. The Morgan fingerprint density at radius 2 is 0.972 bits per heavy atom. The minimum Gasteiger partial charge on any atom is -0.508 e. The average Bonchev–Trinajstić information content (AvgIpc) is 1.32. The molecule has 578 valence electrons. The highest BCUT2D eigenvalue weighted by atomic mass is 79.9. The van der Waals surface area contributed by atoms with E-state index in [9.17, 15) is 32.7 Å². The molecule has 4 saturated heterocycles. The summed E-state index contributed by atoms with van der Waals surface area (Å²) in [6.45, 7) is 12.0. The van der Waals surface area contributed by atoms with Gasteiger partial charge in [-0.2, -0.15) is 0 Å². The van der Waals surface area contributed by atoms with Crippen LogP contribution in [-0.4, -0.2) is 201 Å². The lowest BCUT2D eigenvalue weighted by atomic mass is 9.61. The molecule has 6 bridgehead atoms. The third kappa shape index (κ3) is 17.8. The Morgan fingerprint density at radius 1 is 0.578 bits per heavy atom. The number of methoxy groups -OCH3 is 2. The van der Waals surface area contributed by atoms with E-state index in [0.29, 0.717) is 58.1 Å². The fraction of sp³-hybridized carbons (Fsp3) is 0.423. The van der Waals surface area contributed by atoms with Gasteiger partial charge in [-0.25, -0.2) is 47.5 Å². The Bertz CT molecular complexity index is 4880. The maximum absolute atomic E-state index is 13.5. The topological polar surface area (TPSA) is 220 Å². The fourth-order valence-corrected chi connectivity index (χ4v) is 19.7. The highest BCUT2D eigenvalue weighted by Gasteiger charge is 2.55. The molecule has 8 heterocycles. The number of halogens is 6. The molecule has 0 radical (unpaired) electrons. The summed E-state index contributed by atoms with van der Waals surface area (Å²) in [4.78, 5) is 66.0. The number of nitrogens with one attached hydrogen (secondary N) is 4. The van der Waals surface area contributed by atoms with E-state index in [1.165, 1.54) is 147 Å². The van der Waals surface area contributed by atoms with Crippen molar-refractivity contribution in [3.8, 4) is 17.2 Å². The zero-order valence-corrected chi connectivity index (χ0v) is 69.9. The number of carbonyl (C=O) groups is 3. The van der Waals surface area contributed by atoms with E-state index in [2.05, 4.69) is 182 Å². The van der Waals surface area contributed by atoms with Gasteiger partial charge in [-0.3, -0.25) is 20.5 Å². The van der Waals surface area contributed by atoms with Crippen LogP contribution in [0.5, 0.6) is 17.2 Å². The third-order valence-electron chi connectivity index (χ3n) is 22.7. The third-order valence-corrected chi connectivity index (χ3v) is 25.5. The largest absolute Gasteiger partial charge is 0.508 e. The van der Waals surface area contributed by atoms with Gasteiger partial charge in [0.25, 0.3) is 0 Å². The Kier molecular flexibility index (Phi) is 25.9. The number of hydrogen-bond donors (Lipinski definition) is 5. The lowest BCUT2D eigenvalue weighted by molar-refractivity contribution is 0.0213. The van der Waals surface area contributed by atoms with Crippen LogP contribution in [0, 0.1) is 17.5 Å². The summed E-state index contributed by atoms with van der Waals surface area (Å²) in [5.41, 5.74) is 9.66. The van der Waals surface area contributed by atoms with E-state index >= 15 is 0 Å². The van der Waals surface area contributed by atoms with Gasteiger partial charge in [-0.05, 0) is 224 Å². The normalized spacial score (nSPS) is 23.5. The van der Waals surface area contributed by atoms with Crippen LogP contribution in [0.2, 0.25) is 0 Å². The molecule has 109 heavy (non-hydrogen) atoms. The number of aromatic hydroxyl groups is 1. The fourth-order valence-electron chi connectivity index (χ4n) is 17.0. The van der Waals surface area contributed by atoms with Crippen LogP contribution in [0.15, 0.2) is 128 Å². The van der Waals surface area contributed by atoms with Crippen LogP contribution >= 0.6 is 81.3 Å². The minimum atomic E-state index is -0.355. The summed E-state index contributed by atoms with van der Waals surface area (Å²) in [7, 11) is 15.7. The number of likely N-dealkylation sites (tertiary alicyclic amines) is 3. The zero-order valence-electron chi connectivity index (χ0n) is 62.7. The Morgan fingerprint density at radius 3 is 1.38 bits per heavy atom. The van der Waals surface area contributed by atoms with E-state index < -0.39 is 0 Å². The first-order valence-corrected chi connectivity index (χ1v) is 41.3. The minimum absolute atomic E-state index is 0.00678. The molecule has 0 saturated carbocycles. The molecule has 4 fully saturated rings. The molecule has 7 aliphatic rings. The molecule has 10 aromatic rings. The number of phenols is 1. The second kappa shape index (κ2) is 34.8. The molecule has 5 N–H and O–H groups in total. The first kappa shape index (κ1) is 81.2. The van der Waals surface area contributed by atoms with E-state index in [-0.39, 0.29) is 84.9 Å². The Hall–Kier alpha value is -7.30. The number of hydrogen-bond acceptors (Lipinski definition) is 18. The molecule has 0 unspecified atom stereocenters. The highest BCUT2D eigenvalue weighted by molar-refractivity contribution is 9.69. The summed E-state index contributed by atoms with van der Waals surface area (Å²) in [6, 6.07) is 32.3. The van der Waals surface area contributed by atoms with Crippen molar-refractivity contribution in [1.82, 2.24) is 54.3 Å². The van der Waals surface area contributed by atoms with Crippen LogP contribution in [0.3, 0.4) is 0 Å². The maximum Gasteiger partial charge on any atom is 0.369 e. The molecule has 17 rings (SSSR count). The summed E-state index contributed by atoms with van der Waals surface area (Å²) in [6.07, 6.45) is 12.9. The van der Waals surface area contributed by atoms with E-state index in [4.69, 9.17) is 14.2 Å². The number of likely N-dealkylation sites (N-methyl/N-ethyl adjacent to an activating group) is 6. The lowest BCUT2D eigenvalue weighted by Crippen LogP contribution is -2.67. The van der Waals surface area contributed by atoms with Gasteiger partial charge in [0.05, 0.1) is 57.0 Å². The van der Waals surface area contributed by atoms with Crippen LogP contribution in [0.1, 0.15) is 86.3 Å². The van der Waals surface area contributed by atoms with E-state index in [0.717, 1.165) is 75.5 Å². The molecule has 31 heteroatoms. The van der Waals surface area contributed by atoms with E-state index in [1.54, 1.807) is 43.4 Å². The summed E-state index contributed by atoms with van der Waals surface area (Å²) < 4.78 is 59.6. The summed E-state index contributed by atoms with van der Waals surface area (Å²) in [5.74, 6) is 1.13. The van der Waals surface area contributed by atoms with Crippen LogP contribution in [-0.2, 0) is 40.2 Å². The van der Waals surface area contributed by atoms with Gasteiger partial charge in [0.2, 0.25) is 0 Å². The Labute approximate surface area is 670 Å². The first-order valence-electron chi connectivity index (χ1n) is 36.1. The standard InChI is InChI=1S/C24H27FN4O2S.C23H25FN4O2S.C16H24N2O.C11H7FN4OS.C4H8O.BBr3/c1-24-9-10-28(2)19(11-14-5-7-16(31-4)13-17(14)24)21(24)29(3)23(30)27-22-26-18-8-6-15(25)12-20(18)32-22;1-23-8-9-27(2)18(10-13-4-6-15(29)12-16(13)23)20(23)28(3)22(30)26-21-25-17-7-5-14(24)11-19(17)31-21;1-16-7-8-18(3)14(15(16)17-2)9-11-5-6-12(19-4)10-13(11)16;12-7-1-2-8-9(5-7)18-10(14-8)15-11(17)16-4-3-13-6-16;1-2-4-5-3-1;2-1(3)4/h5-8,12-13,19,21H,9-11H2,1-4H3,(H,26,27,30);4-7,11-12,18,20,29H,8-10H2,1-3H3,(H,25,26,30);5-6,10,14-15,17H,7-9H2,1-4H3;1-6H,(H,14,15,17);1-4H2;/t19-,21+,24-;18-,20+,23-;14-,15+,16-;;;/m111.../s1. The predicted molar refractivity (Wildman–Crippen MR) is 442 cm³/mol. The molecule has 6 aromatic carbocycles. The number of phenolic OH excluding ortho intramolecular Hbond substituents is 1. The molecule has 3 aliphatic carbocycles. The highest BCUT2D eigenvalue weighted by Crippen LogP contribution is 2.51. The number of rotatable bonds is 8. The van der Waals surface area contributed by atoms with Crippen molar-refractivity contribution in [2.75, 3.05) is 105 Å². The number of anilines is 3. The van der Waals surface area contributed by atoms with Crippen molar-refractivity contribution in [2.24, 2.45) is 0 Å². The van der Waals surface area contributed by atoms with Crippen molar-refractivity contribution >= 4 is 149 Å². The van der Waals surface area contributed by atoms with Crippen LogP contribution in [0.4, 0.5) is 42.9 Å². The number of imidazole rings is 1. The van der Waals surface area contributed by atoms with Crippen molar-refractivity contribution < 1.29 is 46.9 Å². The van der Waals surface area contributed by atoms with Gasteiger partial charge in [-0.15, -0.1) is 47.3 Å². The van der Waals surface area contributed by atoms with Crippen molar-refractivity contribution in [3.63, 3.8) is 0 Å². The van der Waals surface area contributed by atoms with Crippen molar-refractivity contribution in [2.45, 2.75) is 125 Å². The summed E-state index contributed by atoms with van der Waals surface area (Å²) >= 11 is 13.1. The number of ether oxygens (including phenoxy) is 3. The van der Waals surface area contributed by atoms with Crippen LogP contribution < -0.4 is 30.7 Å². The molecule has 0 spiro atoms. The molecule has 4 aromatic heterocycles. The summed E-state index contributed by atoms with van der Waals surface area (Å²) in [5, 5.41) is 23.5. The smallest absolute Gasteiger partial charge is 0.369 e. The number of benzene rings is 6. The van der Waals surface area contributed by atoms with Gasteiger partial charge in [-0.1, -0.05) is 73.0 Å². The van der Waals surface area contributed by atoms with Gasteiger partial charge in [0.1, 0.15) is 41.0 Å². The second-order valence-electron chi connectivity index (χ2n) is 29.2. The van der Waals surface area contributed by atoms with Crippen LogP contribution in [0.25, 0.3) is 30.6 Å². The quantitative estimate of drug-likeness (QED) is 0.0893. The molecular weight excluding hydrogens is 1650 g/mol. The van der Waals surface area contributed by atoms with Gasteiger partial charge in [0, 0.05) is 80.1 Å². The molecule has 5 amide bonds. The lowest BCUT2D eigenvalue weighted by Gasteiger charge is -2.57. The molecule has 4 aliphatic heterocycles. The number of thiazole rings is 3. The van der Waals surface area contributed by atoms with E-state index in [1.807, 2.05) is 37.2 Å². The van der Waals surface area contributed by atoms with Crippen molar-refractivity contribution in [3.05, 3.63) is 179 Å².